The number of nitrogens with two attached hydrogens (primary N) is 1. The molecule has 2 nitrogen and oxygen atoms in total. The highest BCUT2D eigenvalue weighted by Crippen LogP contribution is 2.48. The van der Waals surface area contributed by atoms with Gasteiger partial charge in [-0.25, -0.2) is 0 Å². The molecule has 0 radical (unpaired) electrons. The summed E-state index contributed by atoms with van der Waals surface area (Å²) in [7, 11) is 0. The Morgan fingerprint density at radius 3 is 2.90 bits per heavy atom. The molecule has 1 aliphatic carbocycles. The number of fused-ring (bicyclic) bond motifs is 1. The Balaban J connectivity index is 1.88. The average molecular weight is 338 g/mol. The van der Waals surface area contributed by atoms with Crippen LogP contribution in [0.25, 0.3) is 0 Å². The van der Waals surface area contributed by atoms with Crippen molar-refractivity contribution in [3.63, 3.8) is 0 Å². The molecule has 1 aliphatic heterocycles. The summed E-state index contributed by atoms with van der Waals surface area (Å²) in [5.41, 5.74) is 7.57. The van der Waals surface area contributed by atoms with E-state index in [1.54, 1.807) is 0 Å². The summed E-state index contributed by atoms with van der Waals surface area (Å²) in [6.45, 7) is 4.66. The Morgan fingerprint density at radius 2 is 2.15 bits per heavy atom. The SMILES string of the molecule is CC(C)C1CCCC2(C1)C[C@H](N)c1cc(Br)ccc1O2. The zero-order chi connectivity index (χ0) is 14.3. The summed E-state index contributed by atoms with van der Waals surface area (Å²) in [5.74, 6) is 2.50. The van der Waals surface area contributed by atoms with Crippen LogP contribution in [0.1, 0.15) is 57.6 Å². The van der Waals surface area contributed by atoms with E-state index in [1.165, 1.54) is 12.8 Å². The second kappa shape index (κ2) is 5.34. The van der Waals surface area contributed by atoms with Crippen molar-refractivity contribution < 1.29 is 4.74 Å². The van der Waals surface area contributed by atoms with Crippen molar-refractivity contribution in [2.45, 2.75) is 57.6 Å². The molecular weight excluding hydrogens is 314 g/mol. The van der Waals surface area contributed by atoms with Crippen LogP contribution in [-0.2, 0) is 0 Å². The van der Waals surface area contributed by atoms with Crippen LogP contribution >= 0.6 is 15.9 Å². The van der Waals surface area contributed by atoms with Crippen LogP contribution in [0.5, 0.6) is 5.75 Å². The standard InChI is InChI=1S/C17H24BrNO/c1-11(2)12-4-3-7-17(9-12)10-15(19)14-8-13(18)5-6-16(14)20-17/h5-6,8,11-12,15H,3-4,7,9-10,19H2,1-2H3/t12?,15-,17?/m0/s1. The van der Waals surface area contributed by atoms with Crippen molar-refractivity contribution in [3.8, 4) is 5.75 Å². The molecule has 2 N–H and O–H groups in total. The van der Waals surface area contributed by atoms with Crippen molar-refractivity contribution in [2.75, 3.05) is 0 Å². The summed E-state index contributed by atoms with van der Waals surface area (Å²) >= 11 is 3.52. The lowest BCUT2D eigenvalue weighted by molar-refractivity contribution is -0.0249. The maximum atomic E-state index is 6.47. The van der Waals surface area contributed by atoms with Gasteiger partial charge in [0.1, 0.15) is 11.4 Å². The molecule has 0 bridgehead atoms. The quantitative estimate of drug-likeness (QED) is 0.797. The van der Waals surface area contributed by atoms with Gasteiger partial charge < -0.3 is 10.5 Å². The topological polar surface area (TPSA) is 35.2 Å². The van der Waals surface area contributed by atoms with Crippen LogP contribution in [0, 0.1) is 11.8 Å². The molecule has 1 heterocycles. The van der Waals surface area contributed by atoms with Gasteiger partial charge >= 0.3 is 0 Å². The summed E-state index contributed by atoms with van der Waals surface area (Å²) < 4.78 is 7.54. The lowest BCUT2D eigenvalue weighted by Crippen LogP contribution is -2.47. The lowest BCUT2D eigenvalue weighted by atomic mass is 9.70. The summed E-state index contributed by atoms with van der Waals surface area (Å²) in [4.78, 5) is 0. The molecule has 1 spiro atoms. The number of rotatable bonds is 1. The van der Waals surface area contributed by atoms with E-state index in [9.17, 15) is 0 Å². The molecule has 0 aromatic heterocycles. The minimum absolute atomic E-state index is 0.0204. The molecule has 1 saturated carbocycles. The molecular formula is C17H24BrNO. The molecule has 2 aliphatic rings. The van der Waals surface area contributed by atoms with Crippen LogP contribution < -0.4 is 10.5 Å². The van der Waals surface area contributed by atoms with E-state index >= 15 is 0 Å². The molecule has 3 atom stereocenters. The van der Waals surface area contributed by atoms with E-state index in [1.807, 2.05) is 6.07 Å². The minimum Gasteiger partial charge on any atom is -0.487 e. The lowest BCUT2D eigenvalue weighted by Gasteiger charge is -2.47. The predicted octanol–water partition coefficient (Wildman–Crippen LogP) is 4.82. The highest BCUT2D eigenvalue weighted by molar-refractivity contribution is 9.10. The third-order valence-electron chi connectivity index (χ3n) is 5.07. The van der Waals surface area contributed by atoms with Crippen molar-refractivity contribution in [2.24, 2.45) is 17.6 Å². The number of ether oxygens (including phenoxy) is 1. The molecule has 3 rings (SSSR count). The van der Waals surface area contributed by atoms with Crippen LogP contribution in [-0.4, -0.2) is 5.60 Å². The number of hydrogen-bond acceptors (Lipinski definition) is 2. The maximum Gasteiger partial charge on any atom is 0.124 e. The summed E-state index contributed by atoms with van der Waals surface area (Å²) in [5, 5.41) is 0. The molecule has 1 aromatic carbocycles. The highest BCUT2D eigenvalue weighted by Gasteiger charge is 2.43. The Labute approximate surface area is 130 Å². The van der Waals surface area contributed by atoms with Crippen molar-refractivity contribution in [1.29, 1.82) is 0 Å². The smallest absolute Gasteiger partial charge is 0.124 e. The fourth-order valence-corrected chi connectivity index (χ4v) is 4.28. The molecule has 20 heavy (non-hydrogen) atoms. The second-order valence-electron chi connectivity index (χ2n) is 6.88. The van der Waals surface area contributed by atoms with Crippen molar-refractivity contribution in [1.82, 2.24) is 0 Å². The molecule has 2 unspecified atom stereocenters. The molecule has 0 amide bonds. The van der Waals surface area contributed by atoms with E-state index in [2.05, 4.69) is 41.9 Å². The number of benzene rings is 1. The normalized spacial score (nSPS) is 33.0. The first-order valence-electron chi connectivity index (χ1n) is 7.73. The van der Waals surface area contributed by atoms with E-state index in [0.29, 0.717) is 0 Å². The van der Waals surface area contributed by atoms with Gasteiger partial charge in [-0.05, 0) is 55.7 Å². The Bertz CT molecular complexity index is 502. The van der Waals surface area contributed by atoms with Gasteiger partial charge in [-0.2, -0.15) is 0 Å². The van der Waals surface area contributed by atoms with Crippen LogP contribution in [0.2, 0.25) is 0 Å². The van der Waals surface area contributed by atoms with Gasteiger partial charge in [0.15, 0.2) is 0 Å². The van der Waals surface area contributed by atoms with E-state index in [4.69, 9.17) is 10.5 Å². The third-order valence-corrected chi connectivity index (χ3v) is 5.57. The van der Waals surface area contributed by atoms with Gasteiger partial charge in [-0.1, -0.05) is 29.8 Å². The fourth-order valence-electron chi connectivity index (χ4n) is 3.90. The average Bonchev–Trinajstić information content (AvgIpc) is 2.40. The maximum absolute atomic E-state index is 6.47. The van der Waals surface area contributed by atoms with Crippen LogP contribution in [0.4, 0.5) is 0 Å². The first kappa shape index (κ1) is 14.4. The largest absolute Gasteiger partial charge is 0.487 e. The molecule has 1 fully saturated rings. The molecule has 110 valence electrons. The molecule has 0 saturated heterocycles. The zero-order valence-corrected chi connectivity index (χ0v) is 13.9. The van der Waals surface area contributed by atoms with Gasteiger partial charge in [0.25, 0.3) is 0 Å². The first-order valence-corrected chi connectivity index (χ1v) is 8.52. The van der Waals surface area contributed by atoms with E-state index < -0.39 is 0 Å². The minimum atomic E-state index is -0.0204. The van der Waals surface area contributed by atoms with Gasteiger partial charge in [0.05, 0.1) is 0 Å². The van der Waals surface area contributed by atoms with Crippen LogP contribution in [0.15, 0.2) is 22.7 Å². The Morgan fingerprint density at radius 1 is 1.35 bits per heavy atom. The van der Waals surface area contributed by atoms with Crippen molar-refractivity contribution >= 4 is 15.9 Å². The monoisotopic (exact) mass is 337 g/mol. The van der Waals surface area contributed by atoms with Gasteiger partial charge in [0, 0.05) is 22.5 Å². The summed E-state index contributed by atoms with van der Waals surface area (Å²) in [6, 6.07) is 6.32. The molecule has 3 heteroatoms. The summed E-state index contributed by atoms with van der Waals surface area (Å²) in [6.07, 6.45) is 5.87. The van der Waals surface area contributed by atoms with Gasteiger partial charge in [0.2, 0.25) is 0 Å². The van der Waals surface area contributed by atoms with E-state index in [-0.39, 0.29) is 11.6 Å². The second-order valence-corrected chi connectivity index (χ2v) is 7.79. The fraction of sp³-hybridized carbons (Fsp3) is 0.647. The van der Waals surface area contributed by atoms with E-state index in [0.717, 1.165) is 46.9 Å². The number of halogens is 1. The van der Waals surface area contributed by atoms with Gasteiger partial charge in [-0.3, -0.25) is 0 Å². The Kier molecular flexibility index (Phi) is 3.85. The predicted molar refractivity (Wildman–Crippen MR) is 85.8 cm³/mol. The zero-order valence-electron chi connectivity index (χ0n) is 12.4. The number of hydrogen-bond donors (Lipinski definition) is 1. The Hall–Kier alpha value is -0.540. The third kappa shape index (κ3) is 2.62. The molecule has 1 aromatic rings. The van der Waals surface area contributed by atoms with Gasteiger partial charge in [-0.15, -0.1) is 0 Å². The first-order chi connectivity index (χ1) is 9.49. The van der Waals surface area contributed by atoms with Crippen LogP contribution in [0.3, 0.4) is 0 Å². The highest BCUT2D eigenvalue weighted by atomic mass is 79.9. The van der Waals surface area contributed by atoms with Crippen molar-refractivity contribution in [3.05, 3.63) is 28.2 Å².